The predicted molar refractivity (Wildman–Crippen MR) is 75.7 cm³/mol. The minimum atomic E-state index is -0.0566. The lowest BCUT2D eigenvalue weighted by Gasteiger charge is -2.16. The average molecular weight is 279 g/mol. The van der Waals surface area contributed by atoms with Crippen LogP contribution in [0.2, 0.25) is 0 Å². The van der Waals surface area contributed by atoms with E-state index in [1.807, 2.05) is 4.90 Å². The van der Waals surface area contributed by atoms with Crippen molar-refractivity contribution in [3.05, 3.63) is 51.3 Å². The summed E-state index contributed by atoms with van der Waals surface area (Å²) in [6, 6.07) is 5.62. The number of nitriles is 1. The van der Waals surface area contributed by atoms with E-state index in [0.717, 1.165) is 24.4 Å². The number of aromatic amines is 1. The maximum atomic E-state index is 12.2. The molecule has 0 amide bonds. The Balaban J connectivity index is 1.72. The van der Waals surface area contributed by atoms with E-state index in [-0.39, 0.29) is 5.56 Å². The quantitative estimate of drug-likeness (QED) is 0.898. The van der Waals surface area contributed by atoms with Crippen LogP contribution in [0.15, 0.2) is 23.1 Å². The molecule has 2 aromatic heterocycles. The summed E-state index contributed by atoms with van der Waals surface area (Å²) in [5.41, 5.74) is 1.96. The summed E-state index contributed by atoms with van der Waals surface area (Å²) in [6.45, 7) is 0.985. The Morgan fingerprint density at radius 1 is 1.38 bits per heavy atom. The van der Waals surface area contributed by atoms with Crippen molar-refractivity contribution in [2.75, 3.05) is 4.90 Å². The van der Waals surface area contributed by atoms with Crippen LogP contribution in [0, 0.1) is 11.3 Å². The topological polar surface area (TPSA) is 85.7 Å². The highest BCUT2D eigenvalue weighted by Gasteiger charge is 2.31. The Bertz CT molecular complexity index is 816. The monoisotopic (exact) mass is 279 g/mol. The molecule has 0 saturated heterocycles. The molecule has 0 radical (unpaired) electrons. The molecule has 6 heteroatoms. The number of pyridine rings is 1. The van der Waals surface area contributed by atoms with Crippen molar-refractivity contribution in [1.29, 1.82) is 5.26 Å². The van der Waals surface area contributed by atoms with Crippen molar-refractivity contribution < 1.29 is 0 Å². The molecule has 1 N–H and O–H groups in total. The van der Waals surface area contributed by atoms with Gasteiger partial charge in [0.2, 0.25) is 0 Å². The summed E-state index contributed by atoms with van der Waals surface area (Å²) < 4.78 is 0. The summed E-state index contributed by atoms with van der Waals surface area (Å²) >= 11 is 0. The van der Waals surface area contributed by atoms with Gasteiger partial charge >= 0.3 is 0 Å². The zero-order chi connectivity index (χ0) is 14.4. The second kappa shape index (κ2) is 4.42. The average Bonchev–Trinajstić information content (AvgIpc) is 3.26. The molecule has 2 aliphatic rings. The van der Waals surface area contributed by atoms with Crippen molar-refractivity contribution >= 4 is 5.82 Å². The normalized spacial score (nSPS) is 16.6. The highest BCUT2D eigenvalue weighted by molar-refractivity contribution is 5.55. The van der Waals surface area contributed by atoms with Crippen molar-refractivity contribution in [3.8, 4) is 6.07 Å². The van der Waals surface area contributed by atoms with Crippen LogP contribution in [0.25, 0.3) is 0 Å². The van der Waals surface area contributed by atoms with Gasteiger partial charge < -0.3 is 9.88 Å². The van der Waals surface area contributed by atoms with Gasteiger partial charge in [0, 0.05) is 12.1 Å². The maximum absolute atomic E-state index is 12.2. The minimum Gasteiger partial charge on any atom is -0.345 e. The molecule has 1 fully saturated rings. The Labute approximate surface area is 121 Å². The Morgan fingerprint density at radius 3 is 3.00 bits per heavy atom. The molecule has 2 aromatic rings. The van der Waals surface area contributed by atoms with Crippen LogP contribution >= 0.6 is 0 Å². The fourth-order valence-corrected chi connectivity index (χ4v) is 2.72. The molecule has 104 valence electrons. The van der Waals surface area contributed by atoms with E-state index < -0.39 is 0 Å². The van der Waals surface area contributed by atoms with Crippen molar-refractivity contribution in [3.63, 3.8) is 0 Å². The van der Waals surface area contributed by atoms with E-state index in [4.69, 9.17) is 0 Å². The predicted octanol–water partition coefficient (Wildman–Crippen LogP) is 1.43. The molecule has 0 atom stereocenters. The van der Waals surface area contributed by atoms with Gasteiger partial charge in [0.15, 0.2) is 0 Å². The molecule has 0 spiro atoms. The van der Waals surface area contributed by atoms with E-state index in [9.17, 15) is 10.1 Å². The van der Waals surface area contributed by atoms with Crippen LogP contribution in [-0.2, 0) is 13.1 Å². The van der Waals surface area contributed by atoms with Crippen molar-refractivity contribution in [2.24, 2.45) is 0 Å². The third-order valence-electron chi connectivity index (χ3n) is 3.98. The van der Waals surface area contributed by atoms with Crippen LogP contribution in [0.1, 0.15) is 41.4 Å². The molecule has 0 aromatic carbocycles. The van der Waals surface area contributed by atoms with Crippen molar-refractivity contribution in [1.82, 2.24) is 15.0 Å². The fraction of sp³-hybridized carbons (Fsp3) is 0.333. The van der Waals surface area contributed by atoms with E-state index in [0.29, 0.717) is 36.0 Å². The fourth-order valence-electron chi connectivity index (χ4n) is 2.72. The Kier molecular flexibility index (Phi) is 2.54. The van der Waals surface area contributed by atoms with Crippen LogP contribution in [0.4, 0.5) is 5.82 Å². The number of fused-ring (bicyclic) bond motifs is 1. The van der Waals surface area contributed by atoms with Crippen LogP contribution < -0.4 is 10.5 Å². The van der Waals surface area contributed by atoms with E-state index in [1.54, 1.807) is 18.3 Å². The first-order chi connectivity index (χ1) is 10.3. The first kappa shape index (κ1) is 12.1. The number of H-pyrrole nitrogens is 1. The number of anilines is 1. The minimum absolute atomic E-state index is 0.0566. The first-order valence-electron chi connectivity index (χ1n) is 6.98. The van der Waals surface area contributed by atoms with Gasteiger partial charge in [-0.3, -0.25) is 4.79 Å². The summed E-state index contributed by atoms with van der Waals surface area (Å²) in [6.07, 6.45) is 3.86. The summed E-state index contributed by atoms with van der Waals surface area (Å²) in [5.74, 6) is 1.84. The largest absolute Gasteiger partial charge is 0.345 e. The Hall–Kier alpha value is -2.68. The third kappa shape index (κ3) is 1.98. The number of nitrogens with one attached hydrogen (secondary N) is 1. The van der Waals surface area contributed by atoms with Crippen LogP contribution in [-0.4, -0.2) is 15.0 Å². The van der Waals surface area contributed by atoms with Gasteiger partial charge in [-0.2, -0.15) is 5.26 Å². The molecular weight excluding hydrogens is 266 g/mol. The summed E-state index contributed by atoms with van der Waals surface area (Å²) in [7, 11) is 0. The molecule has 0 bridgehead atoms. The summed E-state index contributed by atoms with van der Waals surface area (Å²) in [4.78, 5) is 25.9. The Morgan fingerprint density at radius 2 is 2.24 bits per heavy atom. The standard InChI is InChI=1S/C15H13N5O/c16-6-10-2-1-5-17-14(10)20-7-11-12(8-20)18-13(9-3-4-9)19-15(11)21/h1-2,5,9H,3-4,7-8H2,(H,18,19,21). The molecule has 6 nitrogen and oxygen atoms in total. The second-order valence-corrected chi connectivity index (χ2v) is 5.49. The lowest BCUT2D eigenvalue weighted by atomic mass is 10.2. The number of hydrogen-bond acceptors (Lipinski definition) is 5. The SMILES string of the molecule is N#Cc1cccnc1N1Cc2nc(C3CC3)[nH]c(=O)c2C1. The molecule has 3 heterocycles. The second-order valence-electron chi connectivity index (χ2n) is 5.49. The number of hydrogen-bond donors (Lipinski definition) is 1. The molecule has 4 rings (SSSR count). The zero-order valence-electron chi connectivity index (χ0n) is 11.3. The van der Waals surface area contributed by atoms with Gasteiger partial charge in [0.25, 0.3) is 5.56 Å². The third-order valence-corrected chi connectivity index (χ3v) is 3.98. The van der Waals surface area contributed by atoms with Gasteiger partial charge in [-0.15, -0.1) is 0 Å². The summed E-state index contributed by atoms with van der Waals surface area (Å²) in [5, 5.41) is 9.18. The number of rotatable bonds is 2. The first-order valence-corrected chi connectivity index (χ1v) is 6.98. The maximum Gasteiger partial charge on any atom is 0.256 e. The van der Waals surface area contributed by atoms with Crippen molar-refractivity contribution in [2.45, 2.75) is 31.8 Å². The molecule has 1 aliphatic heterocycles. The van der Waals surface area contributed by atoms with E-state index in [1.165, 1.54) is 0 Å². The molecule has 21 heavy (non-hydrogen) atoms. The lowest BCUT2D eigenvalue weighted by Crippen LogP contribution is -2.19. The van der Waals surface area contributed by atoms with Gasteiger partial charge in [-0.05, 0) is 25.0 Å². The van der Waals surface area contributed by atoms with E-state index in [2.05, 4.69) is 21.0 Å². The highest BCUT2D eigenvalue weighted by atomic mass is 16.1. The smallest absolute Gasteiger partial charge is 0.256 e. The van der Waals surface area contributed by atoms with Crippen LogP contribution in [0.5, 0.6) is 0 Å². The zero-order valence-corrected chi connectivity index (χ0v) is 11.3. The highest BCUT2D eigenvalue weighted by Crippen LogP contribution is 2.38. The number of aromatic nitrogens is 3. The van der Waals surface area contributed by atoms with Gasteiger partial charge in [-0.25, -0.2) is 9.97 Å². The van der Waals surface area contributed by atoms with Crippen LogP contribution in [0.3, 0.4) is 0 Å². The molecule has 1 saturated carbocycles. The van der Waals surface area contributed by atoms with Gasteiger partial charge in [0.05, 0.1) is 29.9 Å². The van der Waals surface area contributed by atoms with E-state index >= 15 is 0 Å². The van der Waals surface area contributed by atoms with Gasteiger partial charge in [0.1, 0.15) is 17.7 Å². The van der Waals surface area contributed by atoms with Gasteiger partial charge in [-0.1, -0.05) is 0 Å². The molecule has 1 aliphatic carbocycles. The number of nitrogens with zero attached hydrogens (tertiary/aromatic N) is 4. The lowest BCUT2D eigenvalue weighted by molar-refractivity contribution is 0.838. The molecule has 0 unspecified atom stereocenters. The molecular formula is C15H13N5O.